The van der Waals surface area contributed by atoms with E-state index in [0.29, 0.717) is 17.2 Å². The van der Waals surface area contributed by atoms with E-state index < -0.39 is 15.6 Å². The normalized spacial score (nSPS) is 28.4. The Morgan fingerprint density at radius 1 is 1.17 bits per heavy atom. The molecule has 2 aliphatic carbocycles. The molecule has 0 radical (unpaired) electrons. The maximum Gasteiger partial charge on any atom is 0.251 e. The molecule has 1 amide bonds. The van der Waals surface area contributed by atoms with Crippen molar-refractivity contribution in [3.05, 3.63) is 23.8 Å². The average Bonchev–Trinajstić information content (AvgIpc) is 3.07. The van der Waals surface area contributed by atoms with Gasteiger partial charge < -0.3 is 10.6 Å². The van der Waals surface area contributed by atoms with Crippen LogP contribution >= 0.6 is 0 Å². The van der Waals surface area contributed by atoms with Crippen molar-refractivity contribution in [2.24, 2.45) is 16.7 Å². The first-order chi connectivity index (χ1) is 13.2. The largest absolute Gasteiger partial charge is 0.387 e. The van der Waals surface area contributed by atoms with E-state index in [1.165, 1.54) is 12.5 Å². The molecule has 3 atom stereocenters. The number of carbonyl (C=O) groups is 1. The van der Waals surface area contributed by atoms with Gasteiger partial charge in [-0.05, 0) is 75.0 Å². The minimum atomic E-state index is -3.78. The zero-order valence-electron chi connectivity index (χ0n) is 18.6. The van der Waals surface area contributed by atoms with Crippen LogP contribution < -0.4 is 15.4 Å². The minimum Gasteiger partial charge on any atom is -0.387 e. The van der Waals surface area contributed by atoms with E-state index in [1.54, 1.807) is 40.0 Å². The van der Waals surface area contributed by atoms with Gasteiger partial charge >= 0.3 is 0 Å². The molecule has 0 spiro atoms. The zero-order chi connectivity index (χ0) is 21.8. The number of carbonyl (C=O) groups excluding carboxylic acids is 1. The number of sulfonamides is 1. The number of benzene rings is 1. The number of fused-ring (bicyclic) bond motifs is 2. The van der Waals surface area contributed by atoms with Gasteiger partial charge in [-0.15, -0.1) is 0 Å². The van der Waals surface area contributed by atoms with E-state index in [2.05, 4.69) is 36.1 Å². The van der Waals surface area contributed by atoms with E-state index in [4.69, 9.17) is 0 Å². The molecule has 3 rings (SSSR count). The van der Waals surface area contributed by atoms with Gasteiger partial charge in [-0.1, -0.05) is 20.8 Å². The lowest BCUT2D eigenvalue weighted by atomic mass is 9.68. The molecule has 0 aromatic heterocycles. The van der Waals surface area contributed by atoms with Crippen molar-refractivity contribution in [1.29, 1.82) is 0 Å². The summed E-state index contributed by atoms with van der Waals surface area (Å²) in [6.07, 6.45) is 3.48. The van der Waals surface area contributed by atoms with Crippen molar-refractivity contribution in [3.8, 4) is 0 Å². The van der Waals surface area contributed by atoms with Gasteiger partial charge in [0.1, 0.15) is 4.90 Å². The second kappa shape index (κ2) is 6.98. The molecule has 0 aliphatic heterocycles. The fraction of sp³-hybridized carbons (Fsp3) is 0.682. The maximum absolute atomic E-state index is 13.1. The molecular weight excluding hydrogens is 386 g/mol. The summed E-state index contributed by atoms with van der Waals surface area (Å²) in [6.45, 7) is 12.1. The summed E-state index contributed by atoms with van der Waals surface area (Å²) in [4.78, 5) is 13.2. The van der Waals surface area contributed by atoms with Crippen molar-refractivity contribution in [2.45, 2.75) is 77.3 Å². The number of nitrogens with one attached hydrogen (secondary N) is 3. The van der Waals surface area contributed by atoms with Gasteiger partial charge in [0, 0.05) is 24.2 Å². The minimum absolute atomic E-state index is 0.0380. The summed E-state index contributed by atoms with van der Waals surface area (Å²) in [5.41, 5.74) is 0.350. The first-order valence-corrected chi connectivity index (χ1v) is 11.8. The van der Waals surface area contributed by atoms with E-state index in [9.17, 15) is 13.2 Å². The Hall–Kier alpha value is -1.60. The number of hydrogen-bond donors (Lipinski definition) is 3. The summed E-state index contributed by atoms with van der Waals surface area (Å²) in [7, 11) is -2.11. The third kappa shape index (κ3) is 4.04. The second-order valence-electron chi connectivity index (χ2n) is 10.6. The molecule has 0 heterocycles. The lowest BCUT2D eigenvalue weighted by molar-refractivity contribution is 0.0737. The van der Waals surface area contributed by atoms with Crippen LogP contribution in [0.2, 0.25) is 0 Å². The van der Waals surface area contributed by atoms with Gasteiger partial charge in [0.2, 0.25) is 10.0 Å². The molecule has 2 bridgehead atoms. The Balaban J connectivity index is 1.91. The lowest BCUT2D eigenvalue weighted by Crippen LogP contribution is -2.52. The molecule has 6 nitrogen and oxygen atoms in total. The van der Waals surface area contributed by atoms with Crippen LogP contribution in [0.25, 0.3) is 0 Å². The molecule has 29 heavy (non-hydrogen) atoms. The van der Waals surface area contributed by atoms with Crippen LogP contribution in [0.4, 0.5) is 5.69 Å². The fourth-order valence-electron chi connectivity index (χ4n) is 5.43. The Morgan fingerprint density at radius 3 is 2.34 bits per heavy atom. The topological polar surface area (TPSA) is 87.3 Å². The third-order valence-corrected chi connectivity index (χ3v) is 8.59. The fourth-order valence-corrected chi connectivity index (χ4v) is 7.09. The molecule has 2 aliphatic rings. The standard InChI is InChI=1S/C22H35N3O3S/c1-20(2,3)25-29(27,28)17-12-14(8-9-16(17)23-7)18(26)24-19-21(4,5)15-10-11-22(19,6)13-15/h8-9,12,15,19,23,25H,10-11,13H2,1-7H3,(H,24,26)/t15-,19?,22?/m1/s1. The predicted octanol–water partition coefficient (Wildman–Crippen LogP) is 3.75. The smallest absolute Gasteiger partial charge is 0.251 e. The molecule has 2 unspecified atom stereocenters. The van der Waals surface area contributed by atoms with Gasteiger partial charge in [0.05, 0.1) is 5.69 Å². The molecule has 3 N–H and O–H groups in total. The molecule has 1 aromatic rings. The van der Waals surface area contributed by atoms with Gasteiger partial charge in [0.15, 0.2) is 0 Å². The van der Waals surface area contributed by atoms with Gasteiger partial charge in [-0.25, -0.2) is 13.1 Å². The molecule has 0 saturated heterocycles. The molecular formula is C22H35N3O3S. The highest BCUT2D eigenvalue weighted by Gasteiger charge is 2.59. The van der Waals surface area contributed by atoms with E-state index in [0.717, 1.165) is 12.8 Å². The van der Waals surface area contributed by atoms with Crippen LogP contribution in [0.1, 0.15) is 71.2 Å². The Kier molecular flexibility index (Phi) is 5.32. The predicted molar refractivity (Wildman–Crippen MR) is 117 cm³/mol. The zero-order valence-corrected chi connectivity index (χ0v) is 19.5. The highest BCUT2D eigenvalue weighted by molar-refractivity contribution is 7.89. The van der Waals surface area contributed by atoms with Crippen LogP contribution in [-0.2, 0) is 10.0 Å². The number of rotatable bonds is 5. The van der Waals surface area contributed by atoms with Crippen molar-refractivity contribution < 1.29 is 13.2 Å². The van der Waals surface area contributed by atoms with Crippen LogP contribution in [-0.4, -0.2) is 33.0 Å². The van der Waals surface area contributed by atoms with Crippen molar-refractivity contribution >= 4 is 21.6 Å². The third-order valence-electron chi connectivity index (χ3n) is 6.79. The van der Waals surface area contributed by atoms with Crippen molar-refractivity contribution in [2.75, 3.05) is 12.4 Å². The van der Waals surface area contributed by atoms with Crippen molar-refractivity contribution in [3.63, 3.8) is 0 Å². The monoisotopic (exact) mass is 421 g/mol. The Morgan fingerprint density at radius 2 is 1.83 bits per heavy atom. The molecule has 2 fully saturated rings. The van der Waals surface area contributed by atoms with Gasteiger partial charge in [-0.3, -0.25) is 4.79 Å². The number of anilines is 1. The molecule has 7 heteroatoms. The van der Waals surface area contributed by atoms with Gasteiger partial charge in [0.25, 0.3) is 5.91 Å². The maximum atomic E-state index is 13.1. The highest BCUT2D eigenvalue weighted by atomic mass is 32.2. The molecule has 162 valence electrons. The summed E-state index contributed by atoms with van der Waals surface area (Å²) in [5, 5.41) is 6.16. The quantitative estimate of drug-likeness (QED) is 0.676. The van der Waals surface area contributed by atoms with E-state index in [1.807, 2.05) is 0 Å². The van der Waals surface area contributed by atoms with Crippen molar-refractivity contribution in [1.82, 2.24) is 10.0 Å². The van der Waals surface area contributed by atoms with Crippen LogP contribution in [0.5, 0.6) is 0 Å². The van der Waals surface area contributed by atoms with E-state index in [-0.39, 0.29) is 27.7 Å². The summed E-state index contributed by atoms with van der Waals surface area (Å²) in [5.74, 6) is 0.406. The highest BCUT2D eigenvalue weighted by Crippen LogP contribution is 2.62. The van der Waals surface area contributed by atoms with Crippen LogP contribution in [0.15, 0.2) is 23.1 Å². The van der Waals surface area contributed by atoms with Crippen LogP contribution in [0, 0.1) is 16.7 Å². The lowest BCUT2D eigenvalue weighted by Gasteiger charge is -2.43. The first kappa shape index (κ1) is 22.1. The molecule has 1 aromatic carbocycles. The average molecular weight is 422 g/mol. The number of hydrogen-bond acceptors (Lipinski definition) is 4. The summed E-state index contributed by atoms with van der Waals surface area (Å²) in [6, 6.07) is 4.88. The first-order valence-electron chi connectivity index (χ1n) is 10.4. The summed E-state index contributed by atoms with van der Waals surface area (Å²) >= 11 is 0. The Labute approximate surface area is 175 Å². The Bertz CT molecular complexity index is 913. The van der Waals surface area contributed by atoms with Crippen LogP contribution in [0.3, 0.4) is 0 Å². The number of amides is 1. The SMILES string of the molecule is CNc1ccc(C(=O)NC2C3(C)CC[C@H](C3)C2(C)C)cc1S(=O)(=O)NC(C)(C)C. The van der Waals surface area contributed by atoms with Gasteiger partial charge in [-0.2, -0.15) is 0 Å². The summed E-state index contributed by atoms with van der Waals surface area (Å²) < 4.78 is 28.5. The molecule has 2 saturated carbocycles. The van der Waals surface area contributed by atoms with E-state index >= 15 is 0 Å². The second-order valence-corrected chi connectivity index (χ2v) is 12.3.